The molecule has 1 heterocycles. The van der Waals surface area contributed by atoms with E-state index in [-0.39, 0.29) is 12.5 Å². The molecule has 0 bridgehead atoms. The van der Waals surface area contributed by atoms with E-state index in [0.29, 0.717) is 17.1 Å². The summed E-state index contributed by atoms with van der Waals surface area (Å²) in [6.45, 7) is 0.912. The number of benzene rings is 1. The van der Waals surface area contributed by atoms with Crippen LogP contribution in [0, 0.1) is 0 Å². The molecule has 3 N–H and O–H groups in total. The highest BCUT2D eigenvalue weighted by Gasteiger charge is 2.13. The van der Waals surface area contributed by atoms with Crippen LogP contribution in [0.2, 0.25) is 0 Å². The van der Waals surface area contributed by atoms with Crippen molar-refractivity contribution in [2.75, 3.05) is 25.2 Å². The molecule has 1 aromatic carbocycles. The van der Waals surface area contributed by atoms with Gasteiger partial charge >= 0.3 is 0 Å². The van der Waals surface area contributed by atoms with Crippen LogP contribution >= 0.6 is 23.1 Å². The van der Waals surface area contributed by atoms with E-state index in [1.807, 2.05) is 18.2 Å². The molecule has 0 aliphatic rings. The van der Waals surface area contributed by atoms with Crippen molar-refractivity contribution >= 4 is 39.9 Å². The normalized spacial score (nSPS) is 10.7. The van der Waals surface area contributed by atoms with Gasteiger partial charge in [-0.25, -0.2) is 0 Å². The highest BCUT2D eigenvalue weighted by molar-refractivity contribution is 7.98. The maximum Gasteiger partial charge on any atom is 0.251 e. The quantitative estimate of drug-likeness (QED) is 0.754. The molecule has 122 valence electrons. The number of thiophene rings is 1. The molecule has 23 heavy (non-hydrogen) atoms. The number of thioether (sulfide) groups is 1. The zero-order valence-corrected chi connectivity index (χ0v) is 14.7. The molecule has 2 aromatic rings. The summed E-state index contributed by atoms with van der Waals surface area (Å²) in [5, 5.41) is 4.97. The smallest absolute Gasteiger partial charge is 0.251 e. The van der Waals surface area contributed by atoms with E-state index in [1.54, 1.807) is 23.2 Å². The molecule has 2 amide bonds. The van der Waals surface area contributed by atoms with Gasteiger partial charge in [0.1, 0.15) is 5.00 Å². The Hall–Kier alpha value is -1.83. The van der Waals surface area contributed by atoms with Crippen LogP contribution in [0.3, 0.4) is 0 Å². The Bertz CT molecular complexity index is 683. The fourth-order valence-electron chi connectivity index (χ4n) is 2.11. The molecular formula is C16H19N3O2S2. The lowest BCUT2D eigenvalue weighted by atomic mass is 10.2. The van der Waals surface area contributed by atoms with E-state index >= 15 is 0 Å². The van der Waals surface area contributed by atoms with E-state index in [0.717, 1.165) is 5.56 Å². The third-order valence-corrected chi connectivity index (χ3v) is 4.78. The molecule has 0 fully saturated rings. The standard InChI is InChI=1S/C16H19N3O2S2/c1-19(9-11-3-5-12(22-2)6-4-11)10-14(20)18-16-13(15(17)21)7-8-23-16/h3-8H,9-10H2,1-2H3,(H2,17,21)(H,18,20). The summed E-state index contributed by atoms with van der Waals surface area (Å²) in [5.41, 5.74) is 6.76. The number of carbonyl (C=O) groups is 2. The van der Waals surface area contributed by atoms with E-state index < -0.39 is 5.91 Å². The summed E-state index contributed by atoms with van der Waals surface area (Å²) in [6, 6.07) is 9.87. The van der Waals surface area contributed by atoms with Gasteiger partial charge in [0.05, 0.1) is 12.1 Å². The third kappa shape index (κ3) is 5.09. The second-order valence-electron chi connectivity index (χ2n) is 5.10. The summed E-state index contributed by atoms with van der Waals surface area (Å²) < 4.78 is 0. The van der Waals surface area contributed by atoms with Crippen LogP contribution in [0.25, 0.3) is 0 Å². The molecule has 0 aliphatic heterocycles. The zero-order chi connectivity index (χ0) is 16.8. The van der Waals surface area contributed by atoms with Gasteiger partial charge in [0.25, 0.3) is 5.91 Å². The van der Waals surface area contributed by atoms with E-state index in [2.05, 4.69) is 29.6 Å². The van der Waals surface area contributed by atoms with E-state index in [4.69, 9.17) is 5.73 Å². The lowest BCUT2D eigenvalue weighted by Crippen LogP contribution is -2.30. The van der Waals surface area contributed by atoms with Gasteiger partial charge in [-0.1, -0.05) is 12.1 Å². The number of nitrogens with two attached hydrogens (primary N) is 1. The van der Waals surface area contributed by atoms with Crippen molar-refractivity contribution < 1.29 is 9.59 Å². The summed E-state index contributed by atoms with van der Waals surface area (Å²) in [5.74, 6) is -0.707. The number of likely N-dealkylation sites (N-methyl/N-ethyl adjacent to an activating group) is 1. The van der Waals surface area contributed by atoms with E-state index in [1.165, 1.54) is 16.2 Å². The summed E-state index contributed by atoms with van der Waals surface area (Å²) in [4.78, 5) is 26.5. The van der Waals surface area contributed by atoms with Gasteiger partial charge in [-0.3, -0.25) is 14.5 Å². The summed E-state index contributed by atoms with van der Waals surface area (Å²) >= 11 is 2.99. The van der Waals surface area contributed by atoms with Gasteiger partial charge < -0.3 is 11.1 Å². The maximum absolute atomic E-state index is 12.1. The van der Waals surface area contributed by atoms with Crippen LogP contribution in [0.5, 0.6) is 0 Å². The molecule has 0 saturated carbocycles. The lowest BCUT2D eigenvalue weighted by molar-refractivity contribution is -0.117. The first kappa shape index (κ1) is 17.5. The minimum atomic E-state index is -0.538. The van der Waals surface area contributed by atoms with Crippen molar-refractivity contribution in [1.29, 1.82) is 0 Å². The number of primary amides is 1. The number of hydrogen-bond acceptors (Lipinski definition) is 5. The Morgan fingerprint density at radius 1 is 1.26 bits per heavy atom. The van der Waals surface area contributed by atoms with Crippen molar-refractivity contribution in [3.8, 4) is 0 Å². The average Bonchev–Trinajstić information content (AvgIpc) is 2.96. The van der Waals surface area contributed by atoms with Gasteiger partial charge in [-0.2, -0.15) is 0 Å². The topological polar surface area (TPSA) is 75.4 Å². The van der Waals surface area contributed by atoms with Crippen molar-refractivity contribution in [2.24, 2.45) is 5.73 Å². The Balaban J connectivity index is 1.88. The number of nitrogens with zero attached hydrogens (tertiary/aromatic N) is 1. The van der Waals surface area contributed by atoms with Crippen LogP contribution in [0.1, 0.15) is 15.9 Å². The minimum absolute atomic E-state index is 0.168. The Kier molecular flexibility index (Phi) is 6.20. The second kappa shape index (κ2) is 8.14. The van der Waals surface area contributed by atoms with Crippen molar-refractivity contribution in [3.05, 3.63) is 46.8 Å². The monoisotopic (exact) mass is 349 g/mol. The number of anilines is 1. The molecule has 0 radical (unpaired) electrons. The van der Waals surface area contributed by atoms with E-state index in [9.17, 15) is 9.59 Å². The molecule has 0 spiro atoms. The highest BCUT2D eigenvalue weighted by Crippen LogP contribution is 2.22. The van der Waals surface area contributed by atoms with Crippen molar-refractivity contribution in [2.45, 2.75) is 11.4 Å². The molecule has 0 unspecified atom stereocenters. The molecular weight excluding hydrogens is 330 g/mol. The van der Waals surface area contributed by atoms with Crippen molar-refractivity contribution in [3.63, 3.8) is 0 Å². The van der Waals surface area contributed by atoms with Gasteiger partial charge in [0.15, 0.2) is 0 Å². The van der Waals surface area contributed by atoms with Gasteiger partial charge in [0, 0.05) is 11.4 Å². The lowest BCUT2D eigenvalue weighted by Gasteiger charge is -2.16. The molecule has 0 saturated heterocycles. The van der Waals surface area contributed by atoms with Gasteiger partial charge in [0.2, 0.25) is 5.91 Å². The molecule has 1 aromatic heterocycles. The Morgan fingerprint density at radius 3 is 2.57 bits per heavy atom. The fourth-order valence-corrected chi connectivity index (χ4v) is 3.33. The fraction of sp³-hybridized carbons (Fsp3) is 0.250. The van der Waals surface area contributed by atoms with Crippen LogP contribution in [-0.4, -0.2) is 36.6 Å². The predicted octanol–water partition coefficient (Wildman–Crippen LogP) is 2.64. The number of carbonyl (C=O) groups excluding carboxylic acids is 2. The molecule has 5 nitrogen and oxygen atoms in total. The van der Waals surface area contributed by atoms with Crippen LogP contribution in [0.4, 0.5) is 5.00 Å². The number of hydrogen-bond donors (Lipinski definition) is 2. The molecule has 0 atom stereocenters. The zero-order valence-electron chi connectivity index (χ0n) is 13.0. The Morgan fingerprint density at radius 2 is 1.96 bits per heavy atom. The highest BCUT2D eigenvalue weighted by atomic mass is 32.2. The second-order valence-corrected chi connectivity index (χ2v) is 6.89. The van der Waals surface area contributed by atoms with Crippen LogP contribution < -0.4 is 11.1 Å². The van der Waals surface area contributed by atoms with Gasteiger partial charge in [-0.05, 0) is 42.4 Å². The number of rotatable bonds is 7. The van der Waals surface area contributed by atoms with Gasteiger partial charge in [-0.15, -0.1) is 23.1 Å². The first-order valence-electron chi connectivity index (χ1n) is 6.98. The SMILES string of the molecule is CSc1ccc(CN(C)CC(=O)Nc2sccc2C(N)=O)cc1. The molecule has 7 heteroatoms. The third-order valence-electron chi connectivity index (χ3n) is 3.21. The summed E-state index contributed by atoms with van der Waals surface area (Å²) in [6.07, 6.45) is 2.04. The predicted molar refractivity (Wildman–Crippen MR) is 96.0 cm³/mol. The first-order chi connectivity index (χ1) is 11.0. The largest absolute Gasteiger partial charge is 0.366 e. The Labute approximate surface area is 143 Å². The molecule has 0 aliphatic carbocycles. The summed E-state index contributed by atoms with van der Waals surface area (Å²) in [7, 11) is 1.88. The molecule has 2 rings (SSSR count). The average molecular weight is 349 g/mol. The van der Waals surface area contributed by atoms with Crippen LogP contribution in [-0.2, 0) is 11.3 Å². The first-order valence-corrected chi connectivity index (χ1v) is 9.08. The van der Waals surface area contributed by atoms with Crippen molar-refractivity contribution in [1.82, 2.24) is 4.90 Å². The van der Waals surface area contributed by atoms with Crippen LogP contribution in [0.15, 0.2) is 40.6 Å². The number of amides is 2. The minimum Gasteiger partial charge on any atom is -0.366 e. The maximum atomic E-state index is 12.1. The number of nitrogens with one attached hydrogen (secondary N) is 1.